The van der Waals surface area contributed by atoms with Gasteiger partial charge in [-0.2, -0.15) is 0 Å². The van der Waals surface area contributed by atoms with Crippen molar-refractivity contribution >= 4 is 22.6 Å². The minimum absolute atomic E-state index is 0.00325. The molecular formula is C13H17NO3S. The van der Waals surface area contributed by atoms with Crippen LogP contribution in [0.5, 0.6) is 11.5 Å². The van der Waals surface area contributed by atoms with E-state index in [1.54, 1.807) is 24.7 Å². The molecule has 4 nitrogen and oxygen atoms in total. The highest BCUT2D eigenvalue weighted by Crippen LogP contribution is 2.30. The molecule has 0 heterocycles. The van der Waals surface area contributed by atoms with Crippen molar-refractivity contribution < 1.29 is 14.3 Å². The quantitative estimate of drug-likeness (QED) is 0.888. The molecule has 0 bridgehead atoms. The summed E-state index contributed by atoms with van der Waals surface area (Å²) in [6, 6.07) is 5.42. The predicted molar refractivity (Wildman–Crippen MR) is 74.6 cm³/mol. The Kier molecular flexibility index (Phi) is 5.58. The largest absolute Gasteiger partial charge is 0.493 e. The van der Waals surface area contributed by atoms with Crippen molar-refractivity contribution in [3.63, 3.8) is 0 Å². The highest BCUT2D eigenvalue weighted by atomic mass is 32.2. The number of hydrogen-bond acceptors (Lipinski definition) is 5. The first kappa shape index (κ1) is 14.4. The van der Waals surface area contributed by atoms with Crippen molar-refractivity contribution in [3.8, 4) is 11.5 Å². The van der Waals surface area contributed by atoms with Crippen LogP contribution in [0.1, 0.15) is 19.4 Å². The molecule has 18 heavy (non-hydrogen) atoms. The molecule has 0 unspecified atom stereocenters. The molecule has 98 valence electrons. The number of ether oxygens (including phenoxy) is 2. The van der Waals surface area contributed by atoms with E-state index in [1.807, 2.05) is 13.0 Å². The van der Waals surface area contributed by atoms with Gasteiger partial charge in [0.2, 0.25) is 0 Å². The highest BCUT2D eigenvalue weighted by Gasteiger charge is 2.07. The minimum atomic E-state index is -0.00325. The van der Waals surface area contributed by atoms with E-state index in [9.17, 15) is 4.79 Å². The van der Waals surface area contributed by atoms with Crippen LogP contribution in [0.4, 0.5) is 0 Å². The second-order valence-electron chi connectivity index (χ2n) is 3.48. The number of carbonyl (C=O) groups is 1. The second kappa shape index (κ2) is 6.96. The minimum Gasteiger partial charge on any atom is -0.493 e. The van der Waals surface area contributed by atoms with Gasteiger partial charge >= 0.3 is 0 Å². The molecule has 0 radical (unpaired) electrons. The fraction of sp³-hybridized carbons (Fsp3) is 0.308. The monoisotopic (exact) mass is 267 g/mol. The van der Waals surface area contributed by atoms with Crippen LogP contribution in [-0.2, 0) is 4.79 Å². The number of thioether (sulfide) groups is 1. The van der Waals surface area contributed by atoms with E-state index in [4.69, 9.17) is 15.2 Å². The zero-order valence-corrected chi connectivity index (χ0v) is 11.5. The van der Waals surface area contributed by atoms with Gasteiger partial charge in [0.15, 0.2) is 16.6 Å². The van der Waals surface area contributed by atoms with Gasteiger partial charge in [-0.3, -0.25) is 4.79 Å². The summed E-state index contributed by atoms with van der Waals surface area (Å²) in [5, 5.41) is 1.62. The predicted octanol–water partition coefficient (Wildman–Crippen LogP) is 2.63. The average molecular weight is 267 g/mol. The fourth-order valence-corrected chi connectivity index (χ4v) is 1.77. The maximum absolute atomic E-state index is 10.9. The number of hydrogen-bond donors (Lipinski definition) is 1. The number of benzene rings is 1. The zero-order valence-electron chi connectivity index (χ0n) is 10.7. The van der Waals surface area contributed by atoms with Gasteiger partial charge in [-0.25, -0.2) is 0 Å². The van der Waals surface area contributed by atoms with Gasteiger partial charge < -0.3 is 15.2 Å². The Morgan fingerprint density at radius 2 is 2.17 bits per heavy atom. The Balaban J connectivity index is 2.99. The standard InChI is InChI=1S/C13H17NO3S/c1-4-17-13-7-10(5-6-12(13)16-3)11(14)8-18-9(2)15/h5-8H,4,14H2,1-3H3/b11-8+. The lowest BCUT2D eigenvalue weighted by Gasteiger charge is -2.11. The summed E-state index contributed by atoms with van der Waals surface area (Å²) in [6.45, 7) is 3.94. The number of nitrogens with two attached hydrogens (primary N) is 1. The first-order chi connectivity index (χ1) is 8.58. The van der Waals surface area contributed by atoms with E-state index in [0.717, 1.165) is 17.3 Å². The van der Waals surface area contributed by atoms with Crippen LogP contribution in [0, 0.1) is 0 Å². The Bertz CT molecular complexity index is 458. The molecule has 0 saturated carbocycles. The molecule has 0 aliphatic carbocycles. The lowest BCUT2D eigenvalue weighted by atomic mass is 10.1. The average Bonchev–Trinajstić information content (AvgIpc) is 2.36. The summed E-state index contributed by atoms with van der Waals surface area (Å²) in [5.74, 6) is 1.30. The molecule has 1 rings (SSSR count). The van der Waals surface area contributed by atoms with E-state index in [2.05, 4.69) is 0 Å². The summed E-state index contributed by atoms with van der Waals surface area (Å²) in [7, 11) is 1.59. The third-order valence-electron chi connectivity index (χ3n) is 2.15. The molecule has 0 aliphatic heterocycles. The molecule has 2 N–H and O–H groups in total. The van der Waals surface area contributed by atoms with Gasteiger partial charge in [-0.1, -0.05) is 11.8 Å². The summed E-state index contributed by atoms with van der Waals surface area (Å²) in [4.78, 5) is 10.9. The Morgan fingerprint density at radius 1 is 1.44 bits per heavy atom. The lowest BCUT2D eigenvalue weighted by Crippen LogP contribution is -2.00. The van der Waals surface area contributed by atoms with Crippen LogP contribution < -0.4 is 15.2 Å². The van der Waals surface area contributed by atoms with Crippen LogP contribution in [-0.4, -0.2) is 18.8 Å². The van der Waals surface area contributed by atoms with E-state index in [0.29, 0.717) is 23.8 Å². The normalized spacial score (nSPS) is 11.2. The molecule has 1 aromatic rings. The van der Waals surface area contributed by atoms with Crippen molar-refractivity contribution in [3.05, 3.63) is 29.2 Å². The second-order valence-corrected chi connectivity index (χ2v) is 4.53. The molecule has 5 heteroatoms. The van der Waals surface area contributed by atoms with Crippen molar-refractivity contribution in [1.82, 2.24) is 0 Å². The summed E-state index contributed by atoms with van der Waals surface area (Å²) in [5.41, 5.74) is 7.22. The van der Waals surface area contributed by atoms with Crippen molar-refractivity contribution in [2.24, 2.45) is 5.73 Å². The van der Waals surface area contributed by atoms with Gasteiger partial charge in [0.1, 0.15) is 0 Å². The van der Waals surface area contributed by atoms with Crippen LogP contribution in [0.25, 0.3) is 5.70 Å². The topological polar surface area (TPSA) is 61.5 Å². The number of carbonyl (C=O) groups excluding carboxylic acids is 1. The van der Waals surface area contributed by atoms with E-state index < -0.39 is 0 Å². The van der Waals surface area contributed by atoms with Crippen molar-refractivity contribution in [1.29, 1.82) is 0 Å². The molecule has 0 saturated heterocycles. The number of rotatable bonds is 5. The smallest absolute Gasteiger partial charge is 0.190 e. The Morgan fingerprint density at radius 3 is 2.72 bits per heavy atom. The Labute approximate surface area is 111 Å². The highest BCUT2D eigenvalue weighted by molar-refractivity contribution is 8.16. The zero-order chi connectivity index (χ0) is 13.5. The molecule has 0 spiro atoms. The van der Waals surface area contributed by atoms with Crippen LogP contribution in [0.2, 0.25) is 0 Å². The molecule has 0 aliphatic rings. The molecule has 0 fully saturated rings. The molecule has 0 amide bonds. The van der Waals surface area contributed by atoms with Gasteiger partial charge in [0.05, 0.1) is 13.7 Å². The first-order valence-corrected chi connectivity index (χ1v) is 6.40. The van der Waals surface area contributed by atoms with Crippen molar-refractivity contribution in [2.75, 3.05) is 13.7 Å². The SMILES string of the molecule is CCOc1cc(/C(N)=C\SC(C)=O)ccc1OC. The lowest BCUT2D eigenvalue weighted by molar-refractivity contribution is -0.109. The Hall–Kier alpha value is -1.62. The van der Waals surface area contributed by atoms with Crippen LogP contribution >= 0.6 is 11.8 Å². The van der Waals surface area contributed by atoms with Gasteiger partial charge in [0, 0.05) is 23.6 Å². The summed E-state index contributed by atoms with van der Waals surface area (Å²) >= 11 is 1.07. The van der Waals surface area contributed by atoms with E-state index in [-0.39, 0.29) is 5.12 Å². The third kappa shape index (κ3) is 4.00. The third-order valence-corrected chi connectivity index (χ3v) is 2.85. The van der Waals surface area contributed by atoms with Crippen molar-refractivity contribution in [2.45, 2.75) is 13.8 Å². The van der Waals surface area contributed by atoms with Gasteiger partial charge in [0.25, 0.3) is 0 Å². The molecule has 0 aromatic heterocycles. The fourth-order valence-electron chi connectivity index (χ4n) is 1.34. The number of methoxy groups -OCH3 is 1. The maximum atomic E-state index is 10.9. The summed E-state index contributed by atoms with van der Waals surface area (Å²) in [6.07, 6.45) is 0. The first-order valence-electron chi connectivity index (χ1n) is 5.52. The van der Waals surface area contributed by atoms with Crippen LogP contribution in [0.15, 0.2) is 23.6 Å². The molecule has 0 atom stereocenters. The van der Waals surface area contributed by atoms with Gasteiger partial charge in [-0.15, -0.1) is 0 Å². The molecule has 1 aromatic carbocycles. The maximum Gasteiger partial charge on any atom is 0.190 e. The molecular weight excluding hydrogens is 250 g/mol. The van der Waals surface area contributed by atoms with Gasteiger partial charge in [-0.05, 0) is 25.1 Å². The van der Waals surface area contributed by atoms with Crippen LogP contribution in [0.3, 0.4) is 0 Å². The summed E-state index contributed by atoms with van der Waals surface area (Å²) < 4.78 is 10.6. The van der Waals surface area contributed by atoms with E-state index >= 15 is 0 Å². The van der Waals surface area contributed by atoms with E-state index in [1.165, 1.54) is 6.92 Å².